The molecule has 0 unspecified atom stereocenters. The van der Waals surface area contributed by atoms with E-state index in [0.717, 1.165) is 24.2 Å². The van der Waals surface area contributed by atoms with E-state index in [1.54, 1.807) is 4.57 Å². The van der Waals surface area contributed by atoms with Crippen LogP contribution < -0.4 is 0 Å². The third-order valence-corrected chi connectivity index (χ3v) is 5.86. The summed E-state index contributed by atoms with van der Waals surface area (Å²) in [6.07, 6.45) is 3.27. The first-order valence-corrected chi connectivity index (χ1v) is 8.62. The predicted molar refractivity (Wildman–Crippen MR) is 91.2 cm³/mol. The van der Waals surface area contributed by atoms with Crippen LogP contribution >= 0.6 is 0 Å². The Balaban J connectivity index is 1.96. The fourth-order valence-electron chi connectivity index (χ4n) is 4.82. The van der Waals surface area contributed by atoms with E-state index < -0.39 is 0 Å². The Kier molecular flexibility index (Phi) is 3.45. The van der Waals surface area contributed by atoms with Gasteiger partial charge in [0.1, 0.15) is 0 Å². The zero-order valence-electron chi connectivity index (χ0n) is 14.1. The fourth-order valence-corrected chi connectivity index (χ4v) is 4.82. The van der Waals surface area contributed by atoms with Gasteiger partial charge in [-0.05, 0) is 56.5 Å². The standard InChI is InChI=1S/C19H24N2O2/c1-4-20-10-6-8-13-14-7-5-9-16-18(14)15(11-17(13)20)12(2)21(16)19(22)23-3/h5,7,9,13,17H,4,6,8,10-11H2,1-3H3/t13-,17-/m1/s1. The normalized spacial score (nSPS) is 23.8. The lowest BCUT2D eigenvalue weighted by Gasteiger charge is -2.43. The molecule has 0 bridgehead atoms. The lowest BCUT2D eigenvalue weighted by Crippen LogP contribution is -2.46. The lowest BCUT2D eigenvalue weighted by molar-refractivity contribution is 0.131. The molecule has 1 saturated heterocycles. The van der Waals surface area contributed by atoms with Crippen LogP contribution in [0.4, 0.5) is 4.79 Å². The van der Waals surface area contributed by atoms with Crippen LogP contribution in [0.15, 0.2) is 18.2 Å². The number of benzene rings is 1. The molecule has 1 aliphatic carbocycles. The molecule has 1 aromatic carbocycles. The third kappa shape index (κ3) is 1.97. The van der Waals surface area contributed by atoms with Crippen LogP contribution in [0, 0.1) is 6.92 Å². The molecule has 2 heterocycles. The first kappa shape index (κ1) is 14.8. The van der Waals surface area contributed by atoms with Gasteiger partial charge in [-0.15, -0.1) is 0 Å². The molecule has 2 aromatic rings. The van der Waals surface area contributed by atoms with E-state index in [0.29, 0.717) is 12.0 Å². The van der Waals surface area contributed by atoms with E-state index in [-0.39, 0.29) is 6.09 Å². The molecule has 2 aliphatic rings. The van der Waals surface area contributed by atoms with Gasteiger partial charge in [0.05, 0.1) is 12.6 Å². The highest BCUT2D eigenvalue weighted by atomic mass is 16.5. The summed E-state index contributed by atoms with van der Waals surface area (Å²) in [5, 5.41) is 1.30. The molecule has 0 radical (unpaired) electrons. The number of piperidine rings is 1. The Morgan fingerprint density at radius 1 is 1.39 bits per heavy atom. The van der Waals surface area contributed by atoms with Crippen molar-refractivity contribution in [2.75, 3.05) is 20.2 Å². The van der Waals surface area contributed by atoms with Crippen molar-refractivity contribution >= 4 is 17.0 Å². The van der Waals surface area contributed by atoms with Crippen LogP contribution in [0.1, 0.15) is 42.5 Å². The Morgan fingerprint density at radius 3 is 2.96 bits per heavy atom. The number of fused-ring (bicyclic) bond motifs is 2. The maximum absolute atomic E-state index is 12.3. The molecule has 4 nitrogen and oxygen atoms in total. The van der Waals surface area contributed by atoms with Gasteiger partial charge in [0.25, 0.3) is 0 Å². The lowest BCUT2D eigenvalue weighted by atomic mass is 9.74. The molecular weight excluding hydrogens is 288 g/mol. The molecule has 1 aromatic heterocycles. The molecule has 23 heavy (non-hydrogen) atoms. The van der Waals surface area contributed by atoms with Gasteiger partial charge in [0, 0.05) is 23.0 Å². The first-order valence-electron chi connectivity index (χ1n) is 8.62. The monoisotopic (exact) mass is 312 g/mol. The summed E-state index contributed by atoms with van der Waals surface area (Å²) < 4.78 is 6.77. The average Bonchev–Trinajstić information content (AvgIpc) is 2.87. The van der Waals surface area contributed by atoms with E-state index >= 15 is 0 Å². The van der Waals surface area contributed by atoms with Crippen molar-refractivity contribution in [1.82, 2.24) is 9.47 Å². The number of likely N-dealkylation sites (N-methyl/N-ethyl adjacent to an activating group) is 1. The molecule has 1 fully saturated rings. The Labute approximate surface area is 137 Å². The van der Waals surface area contributed by atoms with E-state index in [4.69, 9.17) is 4.74 Å². The Bertz CT molecular complexity index is 777. The summed E-state index contributed by atoms with van der Waals surface area (Å²) in [5.74, 6) is 0.591. The van der Waals surface area contributed by atoms with Crippen molar-refractivity contribution < 1.29 is 9.53 Å². The number of hydrogen-bond donors (Lipinski definition) is 0. The van der Waals surface area contributed by atoms with Crippen molar-refractivity contribution in [3.05, 3.63) is 35.0 Å². The fraction of sp³-hybridized carbons (Fsp3) is 0.526. The van der Waals surface area contributed by atoms with Crippen molar-refractivity contribution in [3.63, 3.8) is 0 Å². The molecule has 1 aliphatic heterocycles. The van der Waals surface area contributed by atoms with Gasteiger partial charge in [0.15, 0.2) is 0 Å². The molecule has 4 rings (SSSR count). The third-order valence-electron chi connectivity index (χ3n) is 5.86. The van der Waals surface area contributed by atoms with Crippen molar-refractivity contribution in [2.24, 2.45) is 0 Å². The number of nitrogens with zero attached hydrogens (tertiary/aromatic N) is 2. The van der Waals surface area contributed by atoms with Crippen LogP contribution in [-0.2, 0) is 11.2 Å². The first-order chi connectivity index (χ1) is 11.2. The molecule has 4 heteroatoms. The summed E-state index contributed by atoms with van der Waals surface area (Å²) in [4.78, 5) is 14.9. The minimum Gasteiger partial charge on any atom is -0.452 e. The SMILES string of the molecule is CCN1CCC[C@@H]2c3cccc4c3c(c(C)n4C(=O)OC)C[C@H]21. The number of hydrogen-bond acceptors (Lipinski definition) is 3. The van der Waals surface area contributed by atoms with Gasteiger partial charge in [-0.25, -0.2) is 9.36 Å². The average molecular weight is 312 g/mol. The molecule has 0 amide bonds. The second-order valence-electron chi connectivity index (χ2n) is 6.76. The van der Waals surface area contributed by atoms with Gasteiger partial charge in [0.2, 0.25) is 0 Å². The quantitative estimate of drug-likeness (QED) is 0.805. The second-order valence-corrected chi connectivity index (χ2v) is 6.76. The molecule has 0 spiro atoms. The summed E-state index contributed by atoms with van der Waals surface area (Å²) >= 11 is 0. The smallest absolute Gasteiger partial charge is 0.418 e. The molecule has 122 valence electrons. The Morgan fingerprint density at radius 2 is 2.22 bits per heavy atom. The number of likely N-dealkylation sites (tertiary alicyclic amines) is 1. The Hall–Kier alpha value is -1.81. The predicted octanol–water partition coefficient (Wildman–Crippen LogP) is 3.69. The zero-order chi connectivity index (χ0) is 16.1. The van der Waals surface area contributed by atoms with E-state index in [1.807, 2.05) is 6.07 Å². The van der Waals surface area contributed by atoms with Crippen molar-refractivity contribution in [2.45, 2.75) is 45.1 Å². The highest BCUT2D eigenvalue weighted by molar-refractivity contribution is 5.96. The number of methoxy groups -OCH3 is 1. The number of ether oxygens (including phenoxy) is 1. The van der Waals surface area contributed by atoms with Gasteiger partial charge >= 0.3 is 6.09 Å². The number of carbonyl (C=O) groups excluding carboxylic acids is 1. The van der Waals surface area contributed by atoms with Crippen LogP contribution in [-0.4, -0.2) is 41.8 Å². The summed E-state index contributed by atoms with van der Waals surface area (Å²) in [6, 6.07) is 6.97. The van der Waals surface area contributed by atoms with E-state index in [9.17, 15) is 4.79 Å². The summed E-state index contributed by atoms with van der Waals surface area (Å²) in [5.41, 5.74) is 4.81. The molecule has 2 atom stereocenters. The van der Waals surface area contributed by atoms with Crippen molar-refractivity contribution in [3.8, 4) is 0 Å². The van der Waals surface area contributed by atoms with Gasteiger partial charge in [-0.3, -0.25) is 4.90 Å². The maximum Gasteiger partial charge on any atom is 0.418 e. The molecule has 0 saturated carbocycles. The minimum absolute atomic E-state index is 0.284. The summed E-state index contributed by atoms with van der Waals surface area (Å²) in [6.45, 7) is 6.60. The largest absolute Gasteiger partial charge is 0.452 e. The number of aromatic nitrogens is 1. The van der Waals surface area contributed by atoms with E-state index in [1.165, 1.54) is 43.0 Å². The van der Waals surface area contributed by atoms with E-state index in [2.05, 4.69) is 30.9 Å². The molecular formula is C19H24N2O2. The zero-order valence-corrected chi connectivity index (χ0v) is 14.1. The number of carbonyl (C=O) groups is 1. The summed E-state index contributed by atoms with van der Waals surface area (Å²) in [7, 11) is 1.45. The number of rotatable bonds is 1. The van der Waals surface area contributed by atoms with Crippen LogP contribution in [0.3, 0.4) is 0 Å². The molecule has 0 N–H and O–H groups in total. The highest BCUT2D eigenvalue weighted by Crippen LogP contribution is 2.45. The van der Waals surface area contributed by atoms with Crippen LogP contribution in [0.25, 0.3) is 10.9 Å². The van der Waals surface area contributed by atoms with Gasteiger partial charge in [-0.2, -0.15) is 0 Å². The maximum atomic E-state index is 12.3. The second kappa shape index (κ2) is 5.38. The van der Waals surface area contributed by atoms with Gasteiger partial charge < -0.3 is 4.74 Å². The van der Waals surface area contributed by atoms with Crippen molar-refractivity contribution in [1.29, 1.82) is 0 Å². The topological polar surface area (TPSA) is 34.5 Å². The highest BCUT2D eigenvalue weighted by Gasteiger charge is 2.38. The minimum atomic E-state index is -0.284. The van der Waals surface area contributed by atoms with Crippen LogP contribution in [0.2, 0.25) is 0 Å². The van der Waals surface area contributed by atoms with Crippen LogP contribution in [0.5, 0.6) is 0 Å². The van der Waals surface area contributed by atoms with Gasteiger partial charge in [-0.1, -0.05) is 19.1 Å².